The van der Waals surface area contributed by atoms with E-state index < -0.39 is 11.9 Å². The first-order chi connectivity index (χ1) is 19.1. The van der Waals surface area contributed by atoms with E-state index in [1.54, 1.807) is 38.3 Å². The molecule has 2 aromatic carbocycles. The summed E-state index contributed by atoms with van der Waals surface area (Å²) < 4.78 is 54.0. The Morgan fingerprint density at radius 3 is 2.20 bits per heavy atom. The van der Waals surface area contributed by atoms with Gasteiger partial charge in [0, 0.05) is 70.1 Å². The van der Waals surface area contributed by atoms with Crippen LogP contribution >= 0.6 is 0 Å². The van der Waals surface area contributed by atoms with Crippen molar-refractivity contribution in [3.05, 3.63) is 64.5 Å². The van der Waals surface area contributed by atoms with Crippen LogP contribution in [0, 0.1) is 0 Å². The first kappa shape index (κ1) is 27.5. The Bertz CT molecular complexity index is 1440. The maximum absolute atomic E-state index is 14.0. The van der Waals surface area contributed by atoms with Crippen LogP contribution in [0.5, 0.6) is 11.5 Å². The van der Waals surface area contributed by atoms with Gasteiger partial charge in [-0.3, -0.25) is 14.5 Å². The second kappa shape index (κ2) is 10.9. The SMILES string of the molecule is CN=C1CCCN1Cc1cc2c(c(-c3cn(C)nc3C(F)(F)F)c1)CCN(Cc1cc(OC)cc(OC)c1)C2=O. The summed E-state index contributed by atoms with van der Waals surface area (Å²) in [6.45, 7) is 1.93. The van der Waals surface area contributed by atoms with Gasteiger partial charge in [-0.15, -0.1) is 0 Å². The van der Waals surface area contributed by atoms with E-state index in [1.807, 2.05) is 18.2 Å². The summed E-state index contributed by atoms with van der Waals surface area (Å²) in [5, 5.41) is 3.73. The molecule has 0 bridgehead atoms. The summed E-state index contributed by atoms with van der Waals surface area (Å²) in [5.41, 5.74) is 2.04. The van der Waals surface area contributed by atoms with Crippen molar-refractivity contribution in [2.75, 3.05) is 34.4 Å². The third-order valence-electron chi connectivity index (χ3n) is 7.46. The van der Waals surface area contributed by atoms with Crippen molar-refractivity contribution < 1.29 is 27.4 Å². The molecule has 2 aliphatic heterocycles. The molecule has 40 heavy (non-hydrogen) atoms. The molecule has 0 unspecified atom stereocenters. The van der Waals surface area contributed by atoms with E-state index in [9.17, 15) is 18.0 Å². The number of amidine groups is 1. The smallest absolute Gasteiger partial charge is 0.435 e. The van der Waals surface area contributed by atoms with Crippen molar-refractivity contribution in [2.24, 2.45) is 12.0 Å². The van der Waals surface area contributed by atoms with Gasteiger partial charge < -0.3 is 19.3 Å². The minimum atomic E-state index is -4.63. The molecule has 8 nitrogen and oxygen atoms in total. The largest absolute Gasteiger partial charge is 0.497 e. The fourth-order valence-corrected chi connectivity index (χ4v) is 5.63. The molecule has 0 N–H and O–H groups in total. The van der Waals surface area contributed by atoms with E-state index in [2.05, 4.69) is 15.0 Å². The Hall–Kier alpha value is -4.02. The van der Waals surface area contributed by atoms with Gasteiger partial charge in [-0.05, 0) is 59.4 Å². The van der Waals surface area contributed by atoms with Crippen LogP contribution in [0.2, 0.25) is 0 Å². The lowest BCUT2D eigenvalue weighted by atomic mass is 9.88. The number of aromatic nitrogens is 2. The average Bonchev–Trinajstić information content (AvgIpc) is 3.55. The second-order valence-corrected chi connectivity index (χ2v) is 10.1. The van der Waals surface area contributed by atoms with Gasteiger partial charge in [-0.2, -0.15) is 18.3 Å². The molecule has 0 atom stereocenters. The lowest BCUT2D eigenvalue weighted by Gasteiger charge is -2.31. The molecule has 5 rings (SSSR count). The van der Waals surface area contributed by atoms with E-state index in [-0.39, 0.29) is 11.5 Å². The Labute approximate surface area is 231 Å². The summed E-state index contributed by atoms with van der Waals surface area (Å²) >= 11 is 0. The third kappa shape index (κ3) is 5.37. The van der Waals surface area contributed by atoms with Crippen molar-refractivity contribution in [1.82, 2.24) is 19.6 Å². The summed E-state index contributed by atoms with van der Waals surface area (Å²) in [6, 6.07) is 9.06. The predicted octanol–water partition coefficient (Wildman–Crippen LogP) is 4.95. The van der Waals surface area contributed by atoms with E-state index in [0.29, 0.717) is 54.2 Å². The maximum Gasteiger partial charge on any atom is 0.435 e. The van der Waals surface area contributed by atoms with Gasteiger partial charge >= 0.3 is 6.18 Å². The van der Waals surface area contributed by atoms with E-state index >= 15 is 0 Å². The van der Waals surface area contributed by atoms with Crippen molar-refractivity contribution in [3.63, 3.8) is 0 Å². The quantitative estimate of drug-likeness (QED) is 0.413. The molecule has 0 radical (unpaired) electrons. The number of amides is 1. The molecule has 0 saturated carbocycles. The number of rotatable bonds is 7. The van der Waals surface area contributed by atoms with Gasteiger partial charge in [0.15, 0.2) is 5.69 Å². The van der Waals surface area contributed by atoms with Gasteiger partial charge in [0.2, 0.25) is 0 Å². The Morgan fingerprint density at radius 1 is 0.900 bits per heavy atom. The number of alkyl halides is 3. The molecule has 0 spiro atoms. The van der Waals surface area contributed by atoms with E-state index in [0.717, 1.165) is 36.3 Å². The summed E-state index contributed by atoms with van der Waals surface area (Å²) in [6.07, 6.45) is -1.02. The van der Waals surface area contributed by atoms with Crippen LogP contribution in [0.4, 0.5) is 13.2 Å². The van der Waals surface area contributed by atoms with Gasteiger partial charge in [0.1, 0.15) is 11.5 Å². The first-order valence-corrected chi connectivity index (χ1v) is 13.1. The number of methoxy groups -OCH3 is 2. The Balaban J connectivity index is 1.57. The van der Waals surface area contributed by atoms with E-state index in [4.69, 9.17) is 9.47 Å². The summed E-state index contributed by atoms with van der Waals surface area (Å²) in [4.78, 5) is 22.1. The van der Waals surface area contributed by atoms with E-state index in [1.165, 1.54) is 17.9 Å². The highest BCUT2D eigenvalue weighted by Crippen LogP contribution is 2.40. The number of carbonyl (C=O) groups excluding carboxylic acids is 1. The van der Waals surface area contributed by atoms with Crippen molar-refractivity contribution in [2.45, 2.75) is 38.5 Å². The zero-order valence-corrected chi connectivity index (χ0v) is 23.0. The highest BCUT2D eigenvalue weighted by atomic mass is 19.4. The Morgan fingerprint density at radius 2 is 1.55 bits per heavy atom. The minimum absolute atomic E-state index is 0.0160. The van der Waals surface area contributed by atoms with Crippen molar-refractivity contribution >= 4 is 11.7 Å². The van der Waals surface area contributed by atoms with Crippen LogP contribution in [0.15, 0.2) is 41.5 Å². The van der Waals surface area contributed by atoms with Crippen molar-refractivity contribution in [1.29, 1.82) is 0 Å². The molecule has 1 amide bonds. The molecule has 11 heteroatoms. The molecule has 0 aliphatic carbocycles. The predicted molar refractivity (Wildman–Crippen MR) is 145 cm³/mol. The molecule has 3 aromatic rings. The number of aryl methyl sites for hydroxylation is 1. The van der Waals surface area contributed by atoms with Crippen LogP contribution in [0.3, 0.4) is 0 Å². The van der Waals surface area contributed by atoms with Crippen LogP contribution in [-0.4, -0.2) is 65.7 Å². The number of halogens is 3. The monoisotopic (exact) mass is 555 g/mol. The molecule has 1 saturated heterocycles. The van der Waals surface area contributed by atoms with Crippen LogP contribution in [-0.2, 0) is 32.7 Å². The first-order valence-electron chi connectivity index (χ1n) is 13.1. The highest BCUT2D eigenvalue weighted by molar-refractivity contribution is 5.99. The zero-order valence-electron chi connectivity index (χ0n) is 23.0. The molecular weight excluding hydrogens is 523 g/mol. The van der Waals surface area contributed by atoms with Crippen molar-refractivity contribution in [3.8, 4) is 22.6 Å². The standard InChI is InChI=1S/C29H32F3N5O3/c1-33-26-6-5-8-36(26)15-19-12-23(25-17-35(2)34-27(25)29(30,31)32)22-7-9-37(28(38)24(22)13-19)16-18-10-20(39-3)14-21(11-18)40-4/h10-14,17H,5-9,15-16H2,1-4H3. The normalized spacial score (nSPS) is 16.6. The number of carbonyl (C=O) groups is 1. The number of hydrogen-bond donors (Lipinski definition) is 0. The molecule has 1 aromatic heterocycles. The maximum atomic E-state index is 14.0. The van der Waals surface area contributed by atoms with Crippen LogP contribution in [0.1, 0.15) is 45.6 Å². The average molecular weight is 556 g/mol. The number of nitrogens with zero attached hydrogens (tertiary/aromatic N) is 5. The van der Waals surface area contributed by atoms with Gasteiger partial charge in [-0.25, -0.2) is 0 Å². The number of benzene rings is 2. The molecular formula is C29H32F3N5O3. The van der Waals surface area contributed by atoms with Crippen LogP contribution < -0.4 is 9.47 Å². The molecule has 3 heterocycles. The molecule has 2 aliphatic rings. The second-order valence-electron chi connectivity index (χ2n) is 10.1. The zero-order chi connectivity index (χ0) is 28.6. The lowest BCUT2D eigenvalue weighted by molar-refractivity contribution is -0.140. The number of hydrogen-bond acceptors (Lipinski definition) is 5. The van der Waals surface area contributed by atoms with Gasteiger partial charge in [0.25, 0.3) is 5.91 Å². The number of ether oxygens (including phenoxy) is 2. The van der Waals surface area contributed by atoms with Gasteiger partial charge in [0.05, 0.1) is 20.1 Å². The number of aliphatic imine (C=N–C) groups is 1. The fraction of sp³-hybridized carbons (Fsp3) is 0.414. The fourth-order valence-electron chi connectivity index (χ4n) is 5.63. The van der Waals surface area contributed by atoms with Crippen LogP contribution in [0.25, 0.3) is 11.1 Å². The molecule has 212 valence electrons. The number of fused-ring (bicyclic) bond motifs is 1. The highest BCUT2D eigenvalue weighted by Gasteiger charge is 2.39. The number of likely N-dealkylation sites (tertiary alicyclic amines) is 1. The molecule has 1 fully saturated rings. The summed E-state index contributed by atoms with van der Waals surface area (Å²) in [7, 11) is 6.34. The van der Waals surface area contributed by atoms with Gasteiger partial charge in [-0.1, -0.05) is 0 Å². The minimum Gasteiger partial charge on any atom is -0.497 e. The Kier molecular flexibility index (Phi) is 7.48. The summed E-state index contributed by atoms with van der Waals surface area (Å²) in [5.74, 6) is 1.95. The lowest BCUT2D eigenvalue weighted by Crippen LogP contribution is -2.37. The third-order valence-corrected chi connectivity index (χ3v) is 7.46. The topological polar surface area (TPSA) is 72.2 Å².